The maximum absolute atomic E-state index is 6.18. The second kappa shape index (κ2) is 7.22. The van der Waals surface area contributed by atoms with Crippen molar-refractivity contribution in [2.24, 2.45) is 0 Å². The van der Waals surface area contributed by atoms with Gasteiger partial charge in [0.05, 0.1) is 12.1 Å². The van der Waals surface area contributed by atoms with E-state index in [9.17, 15) is 0 Å². The molecule has 1 aromatic heterocycles. The van der Waals surface area contributed by atoms with Crippen LogP contribution in [0.25, 0.3) is 0 Å². The van der Waals surface area contributed by atoms with Gasteiger partial charge in [0.1, 0.15) is 11.6 Å². The smallest absolute Gasteiger partial charge is 0.229 e. The monoisotopic (exact) mass is 366 g/mol. The Morgan fingerprint density at radius 1 is 1.12 bits per heavy atom. The van der Waals surface area contributed by atoms with E-state index < -0.39 is 0 Å². The fourth-order valence-corrected chi connectivity index (χ4v) is 3.41. The zero-order chi connectivity index (χ0) is 17.9. The molecule has 0 bridgehead atoms. The summed E-state index contributed by atoms with van der Waals surface area (Å²) in [5, 5.41) is 3.75. The van der Waals surface area contributed by atoms with Crippen LogP contribution in [-0.2, 0) is 13.0 Å². The Kier molecular flexibility index (Phi) is 4.63. The lowest BCUT2D eigenvalue weighted by molar-refractivity contribution is 0.415. The molecule has 0 saturated heterocycles. The number of methoxy groups -OCH3 is 1. The summed E-state index contributed by atoms with van der Waals surface area (Å²) in [6.45, 7) is 1.81. The van der Waals surface area contributed by atoms with E-state index in [1.807, 2.05) is 18.2 Å². The zero-order valence-electron chi connectivity index (χ0n) is 14.4. The summed E-state index contributed by atoms with van der Waals surface area (Å²) in [5.41, 5.74) is 3.59. The Morgan fingerprint density at radius 3 is 2.77 bits per heavy atom. The zero-order valence-corrected chi connectivity index (χ0v) is 15.2. The number of hydrogen-bond donors (Lipinski definition) is 1. The van der Waals surface area contributed by atoms with Crippen LogP contribution in [0.1, 0.15) is 11.1 Å². The summed E-state index contributed by atoms with van der Waals surface area (Å²) >= 11 is 6.18. The van der Waals surface area contributed by atoms with Crippen molar-refractivity contribution in [3.63, 3.8) is 0 Å². The number of anilines is 3. The van der Waals surface area contributed by atoms with E-state index in [1.54, 1.807) is 19.4 Å². The molecule has 0 unspecified atom stereocenters. The van der Waals surface area contributed by atoms with Crippen molar-refractivity contribution < 1.29 is 4.74 Å². The highest BCUT2D eigenvalue weighted by Gasteiger charge is 2.17. The number of halogens is 1. The molecule has 0 radical (unpaired) electrons. The van der Waals surface area contributed by atoms with Crippen LogP contribution < -0.4 is 15.0 Å². The van der Waals surface area contributed by atoms with Gasteiger partial charge < -0.3 is 15.0 Å². The predicted octanol–water partition coefficient (Wildman–Crippen LogP) is 4.44. The number of fused-ring (bicyclic) bond motifs is 1. The minimum atomic E-state index is 0.543. The topological polar surface area (TPSA) is 50.3 Å². The van der Waals surface area contributed by atoms with E-state index in [-0.39, 0.29) is 0 Å². The SMILES string of the molecule is COc1ccc(Nc2nccc(N3CCc4ccccc4C3)n2)cc1Cl. The molecule has 2 aromatic carbocycles. The van der Waals surface area contributed by atoms with Gasteiger partial charge in [0.25, 0.3) is 0 Å². The lowest BCUT2D eigenvalue weighted by Gasteiger charge is -2.29. The fourth-order valence-electron chi connectivity index (χ4n) is 3.15. The minimum absolute atomic E-state index is 0.543. The van der Waals surface area contributed by atoms with Gasteiger partial charge in [0.15, 0.2) is 0 Å². The van der Waals surface area contributed by atoms with Gasteiger partial charge in [-0.3, -0.25) is 0 Å². The molecule has 132 valence electrons. The van der Waals surface area contributed by atoms with Crippen LogP contribution >= 0.6 is 11.6 Å². The largest absolute Gasteiger partial charge is 0.495 e. The molecule has 6 heteroatoms. The van der Waals surface area contributed by atoms with Crippen LogP contribution in [0.3, 0.4) is 0 Å². The minimum Gasteiger partial charge on any atom is -0.495 e. The maximum atomic E-state index is 6.18. The highest BCUT2D eigenvalue weighted by molar-refractivity contribution is 6.32. The Balaban J connectivity index is 1.53. The molecule has 2 heterocycles. The van der Waals surface area contributed by atoms with Crippen molar-refractivity contribution in [2.45, 2.75) is 13.0 Å². The first kappa shape index (κ1) is 16.7. The molecule has 0 aliphatic carbocycles. The molecule has 1 N–H and O–H groups in total. The summed E-state index contributed by atoms with van der Waals surface area (Å²) in [6.07, 6.45) is 2.80. The van der Waals surface area contributed by atoms with Gasteiger partial charge in [-0.05, 0) is 41.8 Å². The van der Waals surface area contributed by atoms with Crippen molar-refractivity contribution in [3.8, 4) is 5.75 Å². The Labute approximate surface area is 157 Å². The molecule has 5 nitrogen and oxygen atoms in total. The molecule has 0 spiro atoms. The second-order valence-electron chi connectivity index (χ2n) is 6.15. The standard InChI is InChI=1S/C20H19ClN4O/c1-26-18-7-6-16(12-17(18)21)23-20-22-10-8-19(24-20)25-11-9-14-4-2-3-5-15(14)13-25/h2-8,10,12H,9,11,13H2,1H3,(H,22,23,24). The number of aromatic nitrogens is 2. The van der Waals surface area contributed by atoms with Gasteiger partial charge in [-0.2, -0.15) is 4.98 Å². The highest BCUT2D eigenvalue weighted by Crippen LogP contribution is 2.29. The third-order valence-electron chi connectivity index (χ3n) is 4.50. The highest BCUT2D eigenvalue weighted by atomic mass is 35.5. The lowest BCUT2D eigenvalue weighted by atomic mass is 10.00. The Bertz CT molecular complexity index is 931. The molecule has 0 fully saturated rings. The number of benzene rings is 2. The predicted molar refractivity (Wildman–Crippen MR) is 105 cm³/mol. The first-order valence-electron chi connectivity index (χ1n) is 8.48. The molecule has 0 amide bonds. The van der Waals surface area contributed by atoms with Crippen LogP contribution in [0, 0.1) is 0 Å². The van der Waals surface area contributed by atoms with Gasteiger partial charge in [0.2, 0.25) is 5.95 Å². The van der Waals surface area contributed by atoms with Crippen molar-refractivity contribution in [2.75, 3.05) is 23.9 Å². The summed E-state index contributed by atoms with van der Waals surface area (Å²) < 4.78 is 5.18. The van der Waals surface area contributed by atoms with Gasteiger partial charge in [0, 0.05) is 25.0 Å². The summed E-state index contributed by atoms with van der Waals surface area (Å²) in [5.74, 6) is 2.10. The molecule has 1 aliphatic heterocycles. The number of nitrogens with one attached hydrogen (secondary N) is 1. The van der Waals surface area contributed by atoms with E-state index in [2.05, 4.69) is 44.5 Å². The normalized spacial score (nSPS) is 13.2. The van der Waals surface area contributed by atoms with Crippen molar-refractivity contribution in [1.82, 2.24) is 9.97 Å². The van der Waals surface area contributed by atoms with Gasteiger partial charge >= 0.3 is 0 Å². The number of hydrogen-bond acceptors (Lipinski definition) is 5. The molecule has 4 rings (SSSR count). The van der Waals surface area contributed by atoms with Crippen molar-refractivity contribution >= 4 is 29.1 Å². The van der Waals surface area contributed by atoms with Crippen LogP contribution in [-0.4, -0.2) is 23.6 Å². The number of nitrogens with zero attached hydrogens (tertiary/aromatic N) is 3. The maximum Gasteiger partial charge on any atom is 0.229 e. The third kappa shape index (κ3) is 3.44. The summed E-state index contributed by atoms with van der Waals surface area (Å²) in [6, 6.07) is 16.0. The van der Waals surface area contributed by atoms with Gasteiger partial charge in [-0.1, -0.05) is 35.9 Å². The summed E-state index contributed by atoms with van der Waals surface area (Å²) in [7, 11) is 1.59. The van der Waals surface area contributed by atoms with Crippen molar-refractivity contribution in [3.05, 3.63) is 70.9 Å². The Morgan fingerprint density at radius 2 is 1.96 bits per heavy atom. The average molecular weight is 367 g/mol. The van der Waals surface area contributed by atoms with Crippen LogP contribution in [0.4, 0.5) is 17.5 Å². The molecule has 0 atom stereocenters. The van der Waals surface area contributed by atoms with E-state index in [0.29, 0.717) is 16.7 Å². The lowest BCUT2D eigenvalue weighted by Crippen LogP contribution is -2.31. The van der Waals surface area contributed by atoms with E-state index in [1.165, 1.54) is 11.1 Å². The van der Waals surface area contributed by atoms with Crippen LogP contribution in [0.2, 0.25) is 5.02 Å². The molecular formula is C20H19ClN4O. The first-order chi connectivity index (χ1) is 12.7. The molecule has 1 aliphatic rings. The number of rotatable bonds is 4. The number of ether oxygens (including phenoxy) is 1. The second-order valence-corrected chi connectivity index (χ2v) is 6.56. The first-order valence-corrected chi connectivity index (χ1v) is 8.86. The third-order valence-corrected chi connectivity index (χ3v) is 4.80. The molecular weight excluding hydrogens is 348 g/mol. The summed E-state index contributed by atoms with van der Waals surface area (Å²) in [4.78, 5) is 11.3. The average Bonchev–Trinajstić information content (AvgIpc) is 2.68. The molecule has 3 aromatic rings. The molecule has 0 saturated carbocycles. The van der Waals surface area contributed by atoms with Crippen molar-refractivity contribution in [1.29, 1.82) is 0 Å². The van der Waals surface area contributed by atoms with E-state index >= 15 is 0 Å². The fraction of sp³-hybridized carbons (Fsp3) is 0.200. The van der Waals surface area contributed by atoms with E-state index in [0.717, 1.165) is 31.0 Å². The van der Waals surface area contributed by atoms with Gasteiger partial charge in [-0.15, -0.1) is 0 Å². The van der Waals surface area contributed by atoms with Crippen LogP contribution in [0.15, 0.2) is 54.7 Å². The van der Waals surface area contributed by atoms with E-state index in [4.69, 9.17) is 16.3 Å². The molecule has 26 heavy (non-hydrogen) atoms. The quantitative estimate of drug-likeness (QED) is 0.739. The van der Waals surface area contributed by atoms with Gasteiger partial charge in [-0.25, -0.2) is 4.98 Å². The van der Waals surface area contributed by atoms with Crippen LogP contribution in [0.5, 0.6) is 5.75 Å². The Hall–Kier alpha value is -2.79.